The minimum atomic E-state index is 0.590. The molecule has 0 aliphatic carbocycles. The molecule has 3 nitrogen and oxygen atoms in total. The van der Waals surface area contributed by atoms with Gasteiger partial charge in [-0.05, 0) is 0 Å². The summed E-state index contributed by atoms with van der Waals surface area (Å²) in [6.07, 6.45) is 5.89. The lowest BCUT2D eigenvalue weighted by Crippen LogP contribution is -1.87. The first-order valence-electron chi connectivity index (χ1n) is 2.73. The average Bonchev–Trinajstić information content (AvgIpc) is 2.33. The van der Waals surface area contributed by atoms with E-state index in [1.54, 1.807) is 18.5 Å². The molecule has 2 heterocycles. The van der Waals surface area contributed by atoms with Gasteiger partial charge in [0.15, 0.2) is 5.65 Å². The number of nitrogens with zero attached hydrogens (tertiary/aromatic N) is 3. The topological polar surface area (TPSA) is 30.2 Å². The van der Waals surface area contributed by atoms with Gasteiger partial charge in [-0.25, -0.2) is 9.50 Å². The van der Waals surface area contributed by atoms with Crippen molar-refractivity contribution >= 4 is 17.2 Å². The number of halogens is 1. The third-order valence-corrected chi connectivity index (χ3v) is 1.36. The van der Waals surface area contributed by atoms with E-state index in [9.17, 15) is 0 Å². The van der Waals surface area contributed by atoms with Gasteiger partial charge in [0.2, 0.25) is 0 Å². The zero-order valence-corrected chi connectivity index (χ0v) is 5.71. The summed E-state index contributed by atoms with van der Waals surface area (Å²) in [7, 11) is 0. The summed E-state index contributed by atoms with van der Waals surface area (Å²) < 4.78 is 1.53. The Labute approximate surface area is 62.3 Å². The van der Waals surface area contributed by atoms with Crippen molar-refractivity contribution in [2.75, 3.05) is 0 Å². The molecule has 0 saturated heterocycles. The highest BCUT2D eigenvalue weighted by atomic mass is 35.5. The fourth-order valence-corrected chi connectivity index (χ4v) is 0.876. The van der Waals surface area contributed by atoms with E-state index in [-0.39, 0.29) is 0 Å². The number of aromatic nitrogens is 3. The van der Waals surface area contributed by atoms with Gasteiger partial charge in [0.25, 0.3) is 0 Å². The Bertz CT molecular complexity index is 355. The van der Waals surface area contributed by atoms with Crippen LogP contribution in [0.1, 0.15) is 0 Å². The molecule has 4 heteroatoms. The fourth-order valence-electron chi connectivity index (χ4n) is 0.735. The molecule has 0 unspecified atom stereocenters. The molecule has 10 heavy (non-hydrogen) atoms. The summed E-state index contributed by atoms with van der Waals surface area (Å²) in [5.41, 5.74) is 0.715. The van der Waals surface area contributed by atoms with Crippen molar-refractivity contribution in [2.24, 2.45) is 0 Å². The molecule has 2 rings (SSSR count). The van der Waals surface area contributed by atoms with Crippen molar-refractivity contribution in [1.29, 1.82) is 0 Å². The van der Waals surface area contributed by atoms with E-state index >= 15 is 0 Å². The summed E-state index contributed by atoms with van der Waals surface area (Å²) in [5.74, 6) is 0. The Kier molecular flexibility index (Phi) is 1.11. The Balaban J connectivity index is 2.86. The lowest BCUT2D eigenvalue weighted by molar-refractivity contribution is 0.929. The smallest absolute Gasteiger partial charge is 0.155 e. The van der Waals surface area contributed by atoms with Crippen LogP contribution < -0.4 is 0 Å². The molecule has 0 saturated carbocycles. The predicted molar refractivity (Wildman–Crippen MR) is 36.8 cm³/mol. The quantitative estimate of drug-likeness (QED) is 0.568. The molecule has 0 aliphatic rings. The second-order valence-corrected chi connectivity index (χ2v) is 2.27. The van der Waals surface area contributed by atoms with Crippen LogP contribution in [0, 0.1) is 6.20 Å². The van der Waals surface area contributed by atoms with Crippen LogP contribution in [-0.2, 0) is 0 Å². The van der Waals surface area contributed by atoms with E-state index in [1.165, 1.54) is 4.52 Å². The average molecular weight is 153 g/mol. The lowest BCUT2D eigenvalue weighted by Gasteiger charge is -1.89. The van der Waals surface area contributed by atoms with E-state index in [4.69, 9.17) is 11.6 Å². The maximum atomic E-state index is 5.65. The van der Waals surface area contributed by atoms with E-state index in [2.05, 4.69) is 16.3 Å². The highest BCUT2D eigenvalue weighted by molar-refractivity contribution is 6.30. The Morgan fingerprint density at radius 2 is 2.50 bits per heavy atom. The maximum absolute atomic E-state index is 5.65. The summed E-state index contributed by atoms with van der Waals surface area (Å²) in [4.78, 5) is 3.94. The molecule has 0 aliphatic heterocycles. The summed E-state index contributed by atoms with van der Waals surface area (Å²) in [6, 6.07) is 1.73. The SMILES string of the molecule is Clc1cnn2[c]cnc2c1. The second kappa shape index (κ2) is 1.95. The van der Waals surface area contributed by atoms with E-state index in [0.717, 1.165) is 0 Å². The van der Waals surface area contributed by atoms with Crippen LogP contribution >= 0.6 is 11.6 Å². The number of hydrogen-bond acceptors (Lipinski definition) is 2. The van der Waals surface area contributed by atoms with Crippen molar-refractivity contribution in [3.05, 3.63) is 29.7 Å². The Hall–Kier alpha value is -1.09. The minimum absolute atomic E-state index is 0.590. The van der Waals surface area contributed by atoms with Gasteiger partial charge in [0.05, 0.1) is 17.4 Å². The maximum Gasteiger partial charge on any atom is 0.155 e. The van der Waals surface area contributed by atoms with Gasteiger partial charge < -0.3 is 0 Å². The zero-order chi connectivity index (χ0) is 6.97. The molecule has 0 fully saturated rings. The molecule has 0 bridgehead atoms. The van der Waals surface area contributed by atoms with Crippen LogP contribution in [0.15, 0.2) is 18.5 Å². The summed E-state index contributed by atoms with van der Waals surface area (Å²) in [5, 5.41) is 4.50. The van der Waals surface area contributed by atoms with Crippen LogP contribution in [0.25, 0.3) is 5.65 Å². The fraction of sp³-hybridized carbons (Fsp3) is 0. The first-order chi connectivity index (χ1) is 4.86. The van der Waals surface area contributed by atoms with Crippen LogP contribution in [-0.4, -0.2) is 14.6 Å². The number of imidazole rings is 1. The second-order valence-electron chi connectivity index (χ2n) is 1.83. The highest BCUT2D eigenvalue weighted by Crippen LogP contribution is 2.07. The first-order valence-corrected chi connectivity index (χ1v) is 3.11. The number of fused-ring (bicyclic) bond motifs is 1. The van der Waals surface area contributed by atoms with E-state index in [1.807, 2.05) is 0 Å². The first kappa shape index (κ1) is 5.68. The molecule has 1 radical (unpaired) electrons. The molecule has 0 spiro atoms. The predicted octanol–water partition coefficient (Wildman–Crippen LogP) is 1.18. The van der Waals surface area contributed by atoms with Gasteiger partial charge in [-0.2, -0.15) is 5.10 Å². The third kappa shape index (κ3) is 0.752. The molecule has 0 atom stereocenters. The zero-order valence-electron chi connectivity index (χ0n) is 4.95. The third-order valence-electron chi connectivity index (χ3n) is 1.16. The van der Waals surface area contributed by atoms with Crippen LogP contribution in [0.4, 0.5) is 0 Å². The summed E-state index contributed by atoms with van der Waals surface area (Å²) >= 11 is 5.65. The van der Waals surface area contributed by atoms with Crippen molar-refractivity contribution in [2.45, 2.75) is 0 Å². The Morgan fingerprint density at radius 3 is 3.40 bits per heavy atom. The molecule has 2 aromatic heterocycles. The van der Waals surface area contributed by atoms with Gasteiger partial charge >= 0.3 is 0 Å². The van der Waals surface area contributed by atoms with Gasteiger partial charge in [0.1, 0.15) is 6.20 Å². The molecule has 2 aromatic rings. The van der Waals surface area contributed by atoms with Crippen LogP contribution in [0.2, 0.25) is 5.02 Å². The van der Waals surface area contributed by atoms with Crippen molar-refractivity contribution in [3.8, 4) is 0 Å². The molecule has 0 amide bonds. The standard InChI is InChI=1S/C6H3ClN3/c7-5-3-6-8-1-2-10(6)9-4-5/h1,3-4H. The largest absolute Gasteiger partial charge is 0.235 e. The Morgan fingerprint density at radius 1 is 1.60 bits per heavy atom. The van der Waals surface area contributed by atoms with Crippen molar-refractivity contribution < 1.29 is 0 Å². The molecule has 49 valence electrons. The summed E-state index contributed by atoms with van der Waals surface area (Å²) in [6.45, 7) is 0. The van der Waals surface area contributed by atoms with Crippen molar-refractivity contribution in [1.82, 2.24) is 14.6 Å². The van der Waals surface area contributed by atoms with Gasteiger partial charge in [0, 0.05) is 6.07 Å². The van der Waals surface area contributed by atoms with Gasteiger partial charge in [-0.15, -0.1) is 0 Å². The van der Waals surface area contributed by atoms with Crippen molar-refractivity contribution in [3.63, 3.8) is 0 Å². The molecule has 0 N–H and O–H groups in total. The number of rotatable bonds is 0. The van der Waals surface area contributed by atoms with E-state index in [0.29, 0.717) is 10.7 Å². The van der Waals surface area contributed by atoms with Gasteiger partial charge in [-0.1, -0.05) is 11.6 Å². The molecule has 0 aromatic carbocycles. The highest BCUT2D eigenvalue weighted by Gasteiger charge is 1.93. The molecular weight excluding hydrogens is 150 g/mol. The lowest BCUT2D eigenvalue weighted by atomic mass is 10.6. The van der Waals surface area contributed by atoms with Crippen LogP contribution in [0.3, 0.4) is 0 Å². The normalized spacial score (nSPS) is 10.5. The monoisotopic (exact) mass is 152 g/mol. The molecular formula is C6H3ClN3. The number of hydrogen-bond donors (Lipinski definition) is 0. The van der Waals surface area contributed by atoms with E-state index < -0.39 is 0 Å². The van der Waals surface area contributed by atoms with Crippen LogP contribution in [0.5, 0.6) is 0 Å². The van der Waals surface area contributed by atoms with Gasteiger partial charge in [-0.3, -0.25) is 0 Å². The minimum Gasteiger partial charge on any atom is -0.235 e.